The average Bonchev–Trinajstić information content (AvgIpc) is 2.79. The van der Waals surface area contributed by atoms with Crippen molar-refractivity contribution in [2.45, 2.75) is 91.1 Å². The normalized spacial score (nSPS) is 23.7. The molecule has 1 aromatic carbocycles. The van der Waals surface area contributed by atoms with Gasteiger partial charge in [-0.3, -0.25) is 4.90 Å². The predicted octanol–water partition coefficient (Wildman–Crippen LogP) is 5.35. The van der Waals surface area contributed by atoms with E-state index in [0.29, 0.717) is 31.8 Å². The van der Waals surface area contributed by atoms with Crippen molar-refractivity contribution in [3.05, 3.63) is 35.6 Å². The molecule has 4 atom stereocenters. The van der Waals surface area contributed by atoms with Crippen LogP contribution in [0.1, 0.15) is 66.4 Å². The highest BCUT2D eigenvalue weighted by Crippen LogP contribution is 2.29. The van der Waals surface area contributed by atoms with Crippen molar-refractivity contribution in [3.8, 4) is 0 Å². The Kier molecular flexibility index (Phi) is 11.0. The number of amides is 1. The highest BCUT2D eigenvalue weighted by atomic mass is 19.1. The molecule has 1 heterocycles. The molecule has 198 valence electrons. The minimum absolute atomic E-state index is 0.0539. The molecule has 0 radical (unpaired) electrons. The number of ether oxygens (including phenoxy) is 4. The maximum atomic E-state index is 13.4. The third-order valence-corrected chi connectivity index (χ3v) is 5.86. The van der Waals surface area contributed by atoms with Gasteiger partial charge in [0.2, 0.25) is 0 Å². The summed E-state index contributed by atoms with van der Waals surface area (Å²) in [6.45, 7) is 11.7. The van der Waals surface area contributed by atoms with Gasteiger partial charge < -0.3 is 18.9 Å². The Bertz CT molecular complexity index is 807. The number of carbonyl (C=O) groups is 2. The largest absolute Gasteiger partial charge is 0.458 e. The Hall–Kier alpha value is -2.19. The highest BCUT2D eigenvalue weighted by molar-refractivity contribution is 5.81. The van der Waals surface area contributed by atoms with Gasteiger partial charge in [-0.25, -0.2) is 14.0 Å². The lowest BCUT2D eigenvalue weighted by Gasteiger charge is -2.33. The standard InChI is InChI=1S/C27H42FNO6/c1-18(2)16-33-24-19(3)34-25(30)23(29(17-32-7)26(31)35-27(4,5)6)10-8-9-21(24)15-20-11-13-22(28)14-12-20/h11-14,18-19,21,23-24H,8-10,15-17H2,1-7H3. The molecule has 1 fully saturated rings. The lowest BCUT2D eigenvalue weighted by Crippen LogP contribution is -2.49. The molecule has 0 aliphatic carbocycles. The summed E-state index contributed by atoms with van der Waals surface area (Å²) in [7, 11) is 1.47. The topological polar surface area (TPSA) is 74.3 Å². The molecule has 2 rings (SSSR count). The number of cyclic esters (lactones) is 1. The molecule has 0 spiro atoms. The van der Waals surface area contributed by atoms with Gasteiger partial charge in [0.25, 0.3) is 0 Å². The van der Waals surface area contributed by atoms with Gasteiger partial charge >= 0.3 is 12.1 Å². The van der Waals surface area contributed by atoms with Gasteiger partial charge in [-0.2, -0.15) is 0 Å². The lowest BCUT2D eigenvalue weighted by atomic mass is 9.86. The van der Waals surface area contributed by atoms with E-state index in [2.05, 4.69) is 13.8 Å². The summed E-state index contributed by atoms with van der Waals surface area (Å²) in [5.74, 6) is -0.408. The van der Waals surface area contributed by atoms with Crippen molar-refractivity contribution in [3.63, 3.8) is 0 Å². The monoisotopic (exact) mass is 495 g/mol. The number of hydrogen-bond acceptors (Lipinski definition) is 6. The molecular weight excluding hydrogens is 453 g/mol. The first kappa shape index (κ1) is 29.0. The molecule has 8 heteroatoms. The lowest BCUT2D eigenvalue weighted by molar-refractivity contribution is -0.166. The Balaban J connectivity index is 2.29. The van der Waals surface area contributed by atoms with E-state index in [1.165, 1.54) is 24.1 Å². The molecule has 0 bridgehead atoms. The second-order valence-corrected chi connectivity index (χ2v) is 10.7. The number of esters is 1. The predicted molar refractivity (Wildman–Crippen MR) is 131 cm³/mol. The van der Waals surface area contributed by atoms with Gasteiger partial charge in [-0.05, 0) is 76.5 Å². The molecule has 1 aliphatic heterocycles. The van der Waals surface area contributed by atoms with Crippen LogP contribution in [-0.4, -0.2) is 61.3 Å². The summed E-state index contributed by atoms with van der Waals surface area (Å²) >= 11 is 0. The Morgan fingerprint density at radius 3 is 2.43 bits per heavy atom. The molecular formula is C27H42FNO6. The van der Waals surface area contributed by atoms with Gasteiger partial charge in [-0.15, -0.1) is 0 Å². The first-order chi connectivity index (χ1) is 16.4. The second kappa shape index (κ2) is 13.2. The Morgan fingerprint density at radius 2 is 1.86 bits per heavy atom. The SMILES string of the molecule is COCN(C(=O)OC(C)(C)C)C1CCCC(Cc2ccc(F)cc2)C(OCC(C)C)C(C)OC1=O. The smallest absolute Gasteiger partial charge is 0.412 e. The fourth-order valence-corrected chi connectivity index (χ4v) is 4.30. The van der Waals surface area contributed by atoms with Crippen LogP contribution in [0.3, 0.4) is 0 Å². The second-order valence-electron chi connectivity index (χ2n) is 10.7. The van der Waals surface area contributed by atoms with Crippen LogP contribution in [0.5, 0.6) is 0 Å². The van der Waals surface area contributed by atoms with E-state index in [0.717, 1.165) is 12.0 Å². The number of benzene rings is 1. The average molecular weight is 496 g/mol. The zero-order chi connectivity index (χ0) is 26.2. The molecule has 4 unspecified atom stereocenters. The van der Waals surface area contributed by atoms with Crippen molar-refractivity contribution in [2.75, 3.05) is 20.4 Å². The zero-order valence-corrected chi connectivity index (χ0v) is 22.2. The third kappa shape index (κ3) is 9.41. The first-order valence-corrected chi connectivity index (χ1v) is 12.5. The third-order valence-electron chi connectivity index (χ3n) is 5.86. The summed E-state index contributed by atoms with van der Waals surface area (Å²) < 4.78 is 36.4. The van der Waals surface area contributed by atoms with Crippen LogP contribution in [0.2, 0.25) is 0 Å². The van der Waals surface area contributed by atoms with Crippen molar-refractivity contribution in [1.29, 1.82) is 0 Å². The van der Waals surface area contributed by atoms with Crippen LogP contribution in [0.4, 0.5) is 9.18 Å². The van der Waals surface area contributed by atoms with Gasteiger partial charge in [-0.1, -0.05) is 32.4 Å². The van der Waals surface area contributed by atoms with Crippen LogP contribution in [0.25, 0.3) is 0 Å². The maximum absolute atomic E-state index is 13.4. The van der Waals surface area contributed by atoms with E-state index in [1.807, 2.05) is 6.92 Å². The highest BCUT2D eigenvalue weighted by Gasteiger charge is 2.39. The Labute approximate surface area is 209 Å². The Morgan fingerprint density at radius 1 is 1.20 bits per heavy atom. The summed E-state index contributed by atoms with van der Waals surface area (Å²) in [5.41, 5.74) is 0.285. The van der Waals surface area contributed by atoms with Crippen LogP contribution in [0.15, 0.2) is 24.3 Å². The molecule has 1 saturated heterocycles. The summed E-state index contributed by atoms with van der Waals surface area (Å²) in [6.07, 6.45) is 1.02. The summed E-state index contributed by atoms with van der Waals surface area (Å²) in [6, 6.07) is 5.64. The van der Waals surface area contributed by atoms with Crippen LogP contribution in [0, 0.1) is 17.7 Å². The molecule has 1 aliphatic rings. The first-order valence-electron chi connectivity index (χ1n) is 12.5. The molecule has 35 heavy (non-hydrogen) atoms. The van der Waals surface area contributed by atoms with Crippen molar-refractivity contribution < 1.29 is 32.9 Å². The fourth-order valence-electron chi connectivity index (χ4n) is 4.30. The number of methoxy groups -OCH3 is 1. The maximum Gasteiger partial charge on any atom is 0.412 e. The molecule has 1 aromatic rings. The number of hydrogen-bond donors (Lipinski definition) is 0. The van der Waals surface area contributed by atoms with E-state index in [4.69, 9.17) is 18.9 Å². The van der Waals surface area contributed by atoms with E-state index in [9.17, 15) is 14.0 Å². The molecule has 0 aromatic heterocycles. The van der Waals surface area contributed by atoms with Crippen LogP contribution >= 0.6 is 0 Å². The minimum Gasteiger partial charge on any atom is -0.458 e. The zero-order valence-electron chi connectivity index (χ0n) is 22.2. The van der Waals surface area contributed by atoms with Gasteiger partial charge in [0.1, 0.15) is 30.3 Å². The van der Waals surface area contributed by atoms with Crippen LogP contribution in [-0.2, 0) is 30.2 Å². The fraction of sp³-hybridized carbons (Fsp3) is 0.704. The number of halogens is 1. The van der Waals surface area contributed by atoms with Crippen molar-refractivity contribution in [2.24, 2.45) is 11.8 Å². The molecule has 1 amide bonds. The van der Waals surface area contributed by atoms with Gasteiger partial charge in [0.05, 0.1) is 6.10 Å². The van der Waals surface area contributed by atoms with Gasteiger partial charge in [0.15, 0.2) is 0 Å². The van der Waals surface area contributed by atoms with Crippen molar-refractivity contribution in [1.82, 2.24) is 4.90 Å². The number of rotatable bonds is 8. The van der Waals surface area contributed by atoms with E-state index in [-0.39, 0.29) is 24.6 Å². The van der Waals surface area contributed by atoms with Crippen molar-refractivity contribution >= 4 is 12.1 Å². The van der Waals surface area contributed by atoms with E-state index >= 15 is 0 Å². The minimum atomic E-state index is -0.831. The molecule has 0 saturated carbocycles. The van der Waals surface area contributed by atoms with E-state index in [1.54, 1.807) is 32.9 Å². The molecule has 0 N–H and O–H groups in total. The quantitative estimate of drug-likeness (QED) is 0.358. The summed E-state index contributed by atoms with van der Waals surface area (Å²) in [4.78, 5) is 27.5. The number of nitrogens with zero attached hydrogens (tertiary/aromatic N) is 1. The van der Waals surface area contributed by atoms with Gasteiger partial charge in [0, 0.05) is 13.7 Å². The van der Waals surface area contributed by atoms with E-state index < -0.39 is 29.8 Å². The molecule has 7 nitrogen and oxygen atoms in total. The summed E-state index contributed by atoms with van der Waals surface area (Å²) in [5, 5.41) is 0. The van der Waals surface area contributed by atoms with Crippen LogP contribution < -0.4 is 0 Å². The number of carbonyl (C=O) groups excluding carboxylic acids is 2.